The minimum atomic E-state index is -3.44. The minimum absolute atomic E-state index is 0.264. The van der Waals surface area contributed by atoms with Crippen molar-refractivity contribution >= 4 is 16.0 Å². The van der Waals surface area contributed by atoms with Crippen LogP contribution in [0.2, 0.25) is 0 Å². The maximum atomic E-state index is 12.7. The van der Waals surface area contributed by atoms with Crippen molar-refractivity contribution < 1.29 is 17.9 Å². The Morgan fingerprint density at radius 1 is 1.24 bits per heavy atom. The molecular formula is C15H19NO4S. The smallest absolute Gasteiger partial charge is 0.309 e. The second-order valence-electron chi connectivity index (χ2n) is 5.63. The topological polar surface area (TPSA) is 63.7 Å². The van der Waals surface area contributed by atoms with Crippen LogP contribution in [0, 0.1) is 5.92 Å². The van der Waals surface area contributed by atoms with Gasteiger partial charge in [-0.05, 0) is 42.9 Å². The van der Waals surface area contributed by atoms with E-state index in [-0.39, 0.29) is 11.9 Å². The van der Waals surface area contributed by atoms with Gasteiger partial charge >= 0.3 is 5.97 Å². The zero-order chi connectivity index (χ0) is 15.0. The van der Waals surface area contributed by atoms with Crippen LogP contribution in [-0.4, -0.2) is 38.9 Å². The predicted octanol–water partition coefficient (Wildman–Crippen LogP) is 1.36. The van der Waals surface area contributed by atoms with E-state index in [0.717, 1.165) is 24.0 Å². The van der Waals surface area contributed by atoms with E-state index in [9.17, 15) is 13.2 Å². The van der Waals surface area contributed by atoms with Gasteiger partial charge in [-0.3, -0.25) is 4.79 Å². The Morgan fingerprint density at radius 3 is 2.62 bits per heavy atom. The number of carbonyl (C=O) groups excluding carboxylic acids is 1. The molecule has 0 radical (unpaired) electrons. The van der Waals surface area contributed by atoms with Crippen molar-refractivity contribution in [1.82, 2.24) is 4.31 Å². The molecule has 0 saturated carbocycles. The molecule has 1 aromatic rings. The number of sulfonamides is 1. The monoisotopic (exact) mass is 309 g/mol. The summed E-state index contributed by atoms with van der Waals surface area (Å²) in [6.45, 7) is 1.18. The van der Waals surface area contributed by atoms with E-state index in [1.807, 2.05) is 6.07 Å². The number of methoxy groups -OCH3 is 1. The Bertz CT molecular complexity index is 662. The van der Waals surface area contributed by atoms with Gasteiger partial charge in [-0.25, -0.2) is 8.42 Å². The second-order valence-corrected chi connectivity index (χ2v) is 7.54. The first-order chi connectivity index (χ1) is 10.0. The van der Waals surface area contributed by atoms with Crippen LogP contribution in [-0.2, 0) is 32.4 Å². The highest BCUT2D eigenvalue weighted by Crippen LogP contribution is 2.34. The lowest BCUT2D eigenvalue weighted by Gasteiger charge is -2.18. The maximum Gasteiger partial charge on any atom is 0.309 e. The molecule has 0 amide bonds. The van der Waals surface area contributed by atoms with Crippen molar-refractivity contribution in [3.05, 3.63) is 29.3 Å². The minimum Gasteiger partial charge on any atom is -0.469 e. The molecule has 2 aliphatic rings. The van der Waals surface area contributed by atoms with Crippen molar-refractivity contribution in [2.45, 2.75) is 30.6 Å². The lowest BCUT2D eigenvalue weighted by Crippen LogP contribution is -2.28. The Hall–Kier alpha value is -1.40. The number of ether oxygens (including phenoxy) is 1. The van der Waals surface area contributed by atoms with Crippen LogP contribution >= 0.6 is 0 Å². The molecule has 1 aliphatic heterocycles. The molecule has 1 aliphatic carbocycles. The van der Waals surface area contributed by atoms with Gasteiger partial charge in [-0.1, -0.05) is 12.1 Å². The number of fused-ring (bicyclic) bond motifs is 1. The lowest BCUT2D eigenvalue weighted by molar-refractivity contribution is -0.145. The van der Waals surface area contributed by atoms with Gasteiger partial charge in [-0.15, -0.1) is 0 Å². The van der Waals surface area contributed by atoms with Gasteiger partial charge in [0.25, 0.3) is 0 Å². The van der Waals surface area contributed by atoms with Gasteiger partial charge in [-0.2, -0.15) is 4.31 Å². The maximum absolute atomic E-state index is 12.7. The molecule has 1 saturated heterocycles. The van der Waals surface area contributed by atoms with Crippen molar-refractivity contribution in [1.29, 1.82) is 0 Å². The number of rotatable bonds is 3. The highest BCUT2D eigenvalue weighted by molar-refractivity contribution is 7.89. The van der Waals surface area contributed by atoms with Gasteiger partial charge < -0.3 is 4.74 Å². The average Bonchev–Trinajstić information content (AvgIpc) is 3.14. The number of carbonyl (C=O) groups is 1. The first-order valence-corrected chi connectivity index (χ1v) is 8.67. The average molecular weight is 309 g/mol. The largest absolute Gasteiger partial charge is 0.469 e. The summed E-state index contributed by atoms with van der Waals surface area (Å²) >= 11 is 0. The number of hydrogen-bond acceptors (Lipinski definition) is 4. The van der Waals surface area contributed by atoms with E-state index in [1.54, 1.807) is 16.4 Å². The first kappa shape index (κ1) is 14.5. The van der Waals surface area contributed by atoms with Crippen LogP contribution in [0.5, 0.6) is 0 Å². The molecule has 6 heteroatoms. The van der Waals surface area contributed by atoms with E-state index in [1.165, 1.54) is 7.11 Å². The molecule has 1 aromatic carbocycles. The predicted molar refractivity (Wildman–Crippen MR) is 77.3 cm³/mol. The van der Waals surface area contributed by atoms with E-state index < -0.39 is 10.0 Å². The molecule has 0 bridgehead atoms. The zero-order valence-electron chi connectivity index (χ0n) is 12.0. The van der Waals surface area contributed by atoms with Crippen LogP contribution in [0.3, 0.4) is 0 Å². The standard InChI is InChI=1S/C15H19NO4S/c1-20-15(17)12-9-11-5-4-6-14(13(11)10-12)21(18,19)16-7-2-3-8-16/h4-6,12H,2-3,7-10H2,1H3/t12-/m0/s1. The summed E-state index contributed by atoms with van der Waals surface area (Å²) in [7, 11) is -2.07. The van der Waals surface area contributed by atoms with Crippen LogP contribution in [0.1, 0.15) is 24.0 Å². The molecule has 0 aromatic heterocycles. The summed E-state index contributed by atoms with van der Waals surface area (Å²) in [4.78, 5) is 12.1. The van der Waals surface area contributed by atoms with E-state index in [0.29, 0.717) is 30.8 Å². The third-order valence-electron chi connectivity index (χ3n) is 4.36. The third kappa shape index (κ3) is 2.46. The second kappa shape index (κ2) is 5.42. The highest BCUT2D eigenvalue weighted by Gasteiger charge is 2.35. The highest BCUT2D eigenvalue weighted by atomic mass is 32.2. The molecule has 1 heterocycles. The lowest BCUT2D eigenvalue weighted by atomic mass is 10.1. The van der Waals surface area contributed by atoms with Gasteiger partial charge in [0.05, 0.1) is 17.9 Å². The van der Waals surface area contributed by atoms with E-state index in [4.69, 9.17) is 4.74 Å². The zero-order valence-corrected chi connectivity index (χ0v) is 12.9. The summed E-state index contributed by atoms with van der Waals surface area (Å²) in [5, 5.41) is 0. The fourth-order valence-corrected chi connectivity index (χ4v) is 5.05. The third-order valence-corrected chi connectivity index (χ3v) is 6.35. The molecule has 0 N–H and O–H groups in total. The summed E-state index contributed by atoms with van der Waals surface area (Å²) in [6.07, 6.45) is 2.84. The van der Waals surface area contributed by atoms with E-state index >= 15 is 0 Å². The Kier molecular flexibility index (Phi) is 3.75. The quantitative estimate of drug-likeness (QED) is 0.791. The molecule has 1 fully saturated rings. The fraction of sp³-hybridized carbons (Fsp3) is 0.533. The Labute approximate surface area is 124 Å². The van der Waals surface area contributed by atoms with Crippen molar-refractivity contribution in [3.63, 3.8) is 0 Å². The van der Waals surface area contributed by atoms with Gasteiger partial charge in [0.15, 0.2) is 0 Å². The van der Waals surface area contributed by atoms with Crippen LogP contribution in [0.25, 0.3) is 0 Å². The van der Waals surface area contributed by atoms with Gasteiger partial charge in [0, 0.05) is 13.1 Å². The first-order valence-electron chi connectivity index (χ1n) is 7.23. The number of nitrogens with zero attached hydrogens (tertiary/aromatic N) is 1. The SMILES string of the molecule is COC(=O)[C@H]1Cc2cccc(S(=O)(=O)N3CCCC3)c2C1. The van der Waals surface area contributed by atoms with Crippen LogP contribution in [0.15, 0.2) is 23.1 Å². The van der Waals surface area contributed by atoms with Gasteiger partial charge in [0.1, 0.15) is 0 Å². The molecule has 21 heavy (non-hydrogen) atoms. The molecule has 3 rings (SSSR count). The fourth-order valence-electron chi connectivity index (χ4n) is 3.26. The number of esters is 1. The number of benzene rings is 1. The van der Waals surface area contributed by atoms with Crippen molar-refractivity contribution in [3.8, 4) is 0 Å². The summed E-state index contributed by atoms with van der Waals surface area (Å²) in [6, 6.07) is 5.33. The molecule has 0 unspecified atom stereocenters. The van der Waals surface area contributed by atoms with Crippen molar-refractivity contribution in [2.75, 3.05) is 20.2 Å². The van der Waals surface area contributed by atoms with E-state index in [2.05, 4.69) is 0 Å². The Morgan fingerprint density at radius 2 is 1.95 bits per heavy atom. The molecule has 0 spiro atoms. The molecule has 5 nitrogen and oxygen atoms in total. The molecule has 1 atom stereocenters. The Balaban J connectivity index is 1.97. The molecular weight excluding hydrogens is 290 g/mol. The summed E-state index contributed by atoms with van der Waals surface area (Å²) in [5.74, 6) is -0.532. The van der Waals surface area contributed by atoms with Crippen molar-refractivity contribution in [2.24, 2.45) is 5.92 Å². The summed E-state index contributed by atoms with van der Waals surface area (Å²) in [5.41, 5.74) is 1.74. The van der Waals surface area contributed by atoms with Gasteiger partial charge in [0.2, 0.25) is 10.0 Å². The molecule has 114 valence electrons. The van der Waals surface area contributed by atoms with Crippen LogP contribution < -0.4 is 0 Å². The summed E-state index contributed by atoms with van der Waals surface area (Å²) < 4.78 is 31.8. The van der Waals surface area contributed by atoms with Crippen LogP contribution in [0.4, 0.5) is 0 Å². The normalized spacial score (nSPS) is 22.2. The number of hydrogen-bond donors (Lipinski definition) is 0.